The third-order valence-electron chi connectivity index (χ3n) is 2.79. The number of carbonyl (C=O) groups is 2. The van der Waals surface area contributed by atoms with Gasteiger partial charge in [-0.3, -0.25) is 0 Å². The summed E-state index contributed by atoms with van der Waals surface area (Å²) in [5.74, 6) is 0.506. The summed E-state index contributed by atoms with van der Waals surface area (Å²) in [7, 11) is 1.29. The molecular weight excluding hydrogens is 300 g/mol. The second-order valence-corrected chi connectivity index (χ2v) is 4.38. The van der Waals surface area contributed by atoms with Gasteiger partial charge < -0.3 is 18.9 Å². The average Bonchev–Trinajstić information content (AvgIpc) is 2.59. The van der Waals surface area contributed by atoms with Crippen LogP contribution in [0, 0.1) is 0 Å². The van der Waals surface area contributed by atoms with E-state index in [9.17, 15) is 9.59 Å². The zero-order valence-corrected chi connectivity index (χ0v) is 12.6. The minimum absolute atomic E-state index is 0.0635. The Hall–Kier alpha value is -3.02. The van der Waals surface area contributed by atoms with Gasteiger partial charge in [-0.15, -0.1) is 0 Å². The van der Waals surface area contributed by atoms with Gasteiger partial charge in [0.25, 0.3) is 0 Å². The Morgan fingerprint density at radius 2 is 1.57 bits per heavy atom. The Morgan fingerprint density at radius 3 is 2.22 bits per heavy atom. The van der Waals surface area contributed by atoms with E-state index < -0.39 is 12.1 Å². The summed E-state index contributed by atoms with van der Waals surface area (Å²) in [6.07, 6.45) is -0.840. The van der Waals surface area contributed by atoms with E-state index >= 15 is 0 Å². The fourth-order valence-electron chi connectivity index (χ4n) is 1.70. The molecule has 0 atom stereocenters. The summed E-state index contributed by atoms with van der Waals surface area (Å²) in [5, 5.41) is 0. The zero-order chi connectivity index (χ0) is 16.5. The van der Waals surface area contributed by atoms with Gasteiger partial charge >= 0.3 is 12.1 Å². The molecule has 0 aromatic heterocycles. The molecule has 0 spiro atoms. The highest BCUT2D eigenvalue weighted by molar-refractivity contribution is 5.89. The second kappa shape index (κ2) is 8.43. The van der Waals surface area contributed by atoms with Crippen molar-refractivity contribution in [3.63, 3.8) is 0 Å². The Balaban J connectivity index is 1.71. The van der Waals surface area contributed by atoms with Crippen molar-refractivity contribution in [2.24, 2.45) is 0 Å². The Kier molecular flexibility index (Phi) is 5.99. The van der Waals surface area contributed by atoms with Crippen LogP contribution in [0.3, 0.4) is 0 Å². The first-order valence-electron chi connectivity index (χ1n) is 6.90. The van der Waals surface area contributed by atoms with Crippen molar-refractivity contribution in [3.05, 3.63) is 60.2 Å². The molecule has 120 valence electrons. The van der Waals surface area contributed by atoms with Gasteiger partial charge in [0.05, 0.1) is 12.7 Å². The van der Waals surface area contributed by atoms with E-state index in [-0.39, 0.29) is 19.0 Å². The minimum atomic E-state index is -0.840. The SMILES string of the molecule is COC(=O)c1ccc(OC(=O)OCCOc2ccccc2)cc1. The molecule has 6 nitrogen and oxygen atoms in total. The van der Waals surface area contributed by atoms with Crippen molar-refractivity contribution >= 4 is 12.1 Å². The standard InChI is InChI=1S/C17H16O6/c1-20-16(18)13-7-9-15(10-8-13)23-17(19)22-12-11-21-14-5-3-2-4-6-14/h2-10H,11-12H2,1H3. The summed E-state index contributed by atoms with van der Waals surface area (Å²) >= 11 is 0. The molecule has 2 aromatic rings. The van der Waals surface area contributed by atoms with Gasteiger partial charge in [0.2, 0.25) is 0 Å². The Labute approximate surface area is 133 Å². The van der Waals surface area contributed by atoms with Gasteiger partial charge in [-0.05, 0) is 36.4 Å². The van der Waals surface area contributed by atoms with Crippen LogP contribution in [0.5, 0.6) is 11.5 Å². The summed E-state index contributed by atoms with van der Waals surface area (Å²) in [4.78, 5) is 22.8. The Bertz CT molecular complexity index is 636. The number of carbonyl (C=O) groups excluding carboxylic acids is 2. The second-order valence-electron chi connectivity index (χ2n) is 4.38. The molecule has 2 aromatic carbocycles. The molecule has 0 unspecified atom stereocenters. The number of para-hydroxylation sites is 1. The highest BCUT2D eigenvalue weighted by Crippen LogP contribution is 2.13. The lowest BCUT2D eigenvalue weighted by molar-refractivity contribution is 0.0600. The Morgan fingerprint density at radius 1 is 0.870 bits per heavy atom. The van der Waals surface area contributed by atoms with E-state index in [1.807, 2.05) is 18.2 Å². The molecule has 23 heavy (non-hydrogen) atoms. The lowest BCUT2D eigenvalue weighted by atomic mass is 10.2. The quantitative estimate of drug-likeness (QED) is 0.463. The number of ether oxygens (including phenoxy) is 4. The molecule has 0 aliphatic rings. The van der Waals surface area contributed by atoms with Crippen LogP contribution in [0.2, 0.25) is 0 Å². The van der Waals surface area contributed by atoms with Crippen LogP contribution < -0.4 is 9.47 Å². The first-order chi connectivity index (χ1) is 11.2. The fraction of sp³-hybridized carbons (Fsp3) is 0.176. The van der Waals surface area contributed by atoms with E-state index in [0.29, 0.717) is 11.3 Å². The van der Waals surface area contributed by atoms with Crippen LogP contribution in [0.25, 0.3) is 0 Å². The molecule has 0 aliphatic heterocycles. The number of methoxy groups -OCH3 is 1. The number of esters is 1. The predicted octanol–water partition coefficient (Wildman–Crippen LogP) is 3.07. The molecule has 2 rings (SSSR count). The van der Waals surface area contributed by atoms with Crippen LogP contribution in [-0.2, 0) is 9.47 Å². The van der Waals surface area contributed by atoms with Crippen molar-refractivity contribution in [2.45, 2.75) is 0 Å². The van der Waals surface area contributed by atoms with Gasteiger partial charge in [-0.2, -0.15) is 0 Å². The summed E-state index contributed by atoms with van der Waals surface area (Å²) in [5.41, 5.74) is 0.365. The molecule has 0 fully saturated rings. The van der Waals surface area contributed by atoms with Crippen molar-refractivity contribution in [1.82, 2.24) is 0 Å². The van der Waals surface area contributed by atoms with E-state index in [0.717, 1.165) is 0 Å². The highest BCUT2D eigenvalue weighted by atomic mass is 16.7. The van der Waals surface area contributed by atoms with E-state index in [4.69, 9.17) is 14.2 Å². The first-order valence-corrected chi connectivity index (χ1v) is 6.90. The highest BCUT2D eigenvalue weighted by Gasteiger charge is 2.08. The van der Waals surface area contributed by atoms with Crippen LogP contribution in [-0.4, -0.2) is 32.4 Å². The van der Waals surface area contributed by atoms with Crippen LogP contribution >= 0.6 is 0 Å². The maximum atomic E-state index is 11.5. The maximum Gasteiger partial charge on any atom is 0.513 e. The molecular formula is C17H16O6. The number of hydrogen-bond acceptors (Lipinski definition) is 6. The lowest BCUT2D eigenvalue weighted by Gasteiger charge is -2.08. The summed E-state index contributed by atoms with van der Waals surface area (Å²) in [6, 6.07) is 15.1. The zero-order valence-electron chi connectivity index (χ0n) is 12.6. The van der Waals surface area contributed by atoms with Crippen molar-refractivity contribution in [1.29, 1.82) is 0 Å². The maximum absolute atomic E-state index is 11.5. The summed E-state index contributed by atoms with van der Waals surface area (Å²) in [6.45, 7) is 0.286. The molecule has 6 heteroatoms. The average molecular weight is 316 g/mol. The first kappa shape index (κ1) is 16.4. The van der Waals surface area contributed by atoms with Gasteiger partial charge in [0.1, 0.15) is 24.7 Å². The third-order valence-corrected chi connectivity index (χ3v) is 2.79. The molecule has 0 saturated heterocycles. The van der Waals surface area contributed by atoms with Gasteiger partial charge in [-0.25, -0.2) is 9.59 Å². The molecule has 0 amide bonds. The monoisotopic (exact) mass is 316 g/mol. The van der Waals surface area contributed by atoms with E-state index in [1.165, 1.54) is 31.4 Å². The number of rotatable bonds is 6. The topological polar surface area (TPSA) is 71.1 Å². The summed E-state index contributed by atoms with van der Waals surface area (Å²) < 4.78 is 19.8. The molecule has 0 heterocycles. The molecule has 0 bridgehead atoms. The third kappa shape index (κ3) is 5.35. The van der Waals surface area contributed by atoms with Crippen LogP contribution in [0.15, 0.2) is 54.6 Å². The molecule has 0 saturated carbocycles. The minimum Gasteiger partial charge on any atom is -0.490 e. The van der Waals surface area contributed by atoms with E-state index in [1.54, 1.807) is 12.1 Å². The van der Waals surface area contributed by atoms with Gasteiger partial charge in [-0.1, -0.05) is 18.2 Å². The smallest absolute Gasteiger partial charge is 0.490 e. The van der Waals surface area contributed by atoms with Crippen LogP contribution in [0.4, 0.5) is 4.79 Å². The molecule has 0 N–H and O–H groups in total. The van der Waals surface area contributed by atoms with Crippen molar-refractivity contribution in [2.75, 3.05) is 20.3 Å². The van der Waals surface area contributed by atoms with Crippen LogP contribution in [0.1, 0.15) is 10.4 Å². The van der Waals surface area contributed by atoms with Crippen molar-refractivity contribution < 1.29 is 28.5 Å². The normalized spacial score (nSPS) is 9.78. The largest absolute Gasteiger partial charge is 0.513 e. The van der Waals surface area contributed by atoms with Gasteiger partial charge in [0, 0.05) is 0 Å². The van der Waals surface area contributed by atoms with E-state index in [2.05, 4.69) is 4.74 Å². The molecule has 0 aliphatic carbocycles. The number of benzene rings is 2. The fourth-order valence-corrected chi connectivity index (χ4v) is 1.70. The number of hydrogen-bond donors (Lipinski definition) is 0. The molecule has 0 radical (unpaired) electrons. The predicted molar refractivity (Wildman–Crippen MR) is 81.7 cm³/mol. The van der Waals surface area contributed by atoms with Gasteiger partial charge in [0.15, 0.2) is 0 Å². The van der Waals surface area contributed by atoms with Crippen molar-refractivity contribution in [3.8, 4) is 11.5 Å². The lowest BCUT2D eigenvalue weighted by Crippen LogP contribution is -2.15.